The van der Waals surface area contributed by atoms with Gasteiger partial charge < -0.3 is 15.4 Å². The topological polar surface area (TPSA) is 115 Å². The molecule has 1 atom stereocenters. The van der Waals surface area contributed by atoms with Crippen molar-refractivity contribution in [3.8, 4) is 0 Å². The van der Waals surface area contributed by atoms with E-state index in [-0.39, 0.29) is 18.7 Å². The minimum Gasteiger partial charge on any atom is -0.393 e. The van der Waals surface area contributed by atoms with Gasteiger partial charge in [0.25, 0.3) is 5.56 Å². The van der Waals surface area contributed by atoms with Crippen LogP contribution in [0.2, 0.25) is 0 Å². The highest BCUT2D eigenvalue weighted by Crippen LogP contribution is 2.00. The molecule has 0 aliphatic rings. The van der Waals surface area contributed by atoms with Gasteiger partial charge in [-0.1, -0.05) is 6.92 Å². The van der Waals surface area contributed by atoms with E-state index in [0.717, 1.165) is 0 Å². The zero-order valence-electron chi connectivity index (χ0n) is 11.8. The first-order chi connectivity index (χ1) is 9.43. The number of carbonyl (C=O) groups is 1. The van der Waals surface area contributed by atoms with Gasteiger partial charge in [0.1, 0.15) is 0 Å². The summed E-state index contributed by atoms with van der Waals surface area (Å²) in [6.07, 6.45) is 1.19. The van der Waals surface area contributed by atoms with E-state index in [1.807, 2.05) is 6.92 Å². The summed E-state index contributed by atoms with van der Waals surface area (Å²) in [5.41, 5.74) is -0.115. The lowest BCUT2D eigenvalue weighted by molar-refractivity contribution is -0.121. The lowest BCUT2D eigenvalue weighted by Crippen LogP contribution is -2.30. The van der Waals surface area contributed by atoms with Gasteiger partial charge >= 0.3 is 5.69 Å². The van der Waals surface area contributed by atoms with E-state index in [0.29, 0.717) is 30.6 Å². The summed E-state index contributed by atoms with van der Waals surface area (Å²) < 4.78 is 0. The van der Waals surface area contributed by atoms with E-state index < -0.39 is 17.4 Å². The number of aromatic amines is 2. The number of aromatic nitrogens is 2. The number of aliphatic hydroxyl groups excluding tert-OH is 1. The van der Waals surface area contributed by atoms with Crippen molar-refractivity contribution in [1.29, 1.82) is 0 Å². The Morgan fingerprint density at radius 2 is 2.05 bits per heavy atom. The zero-order chi connectivity index (χ0) is 15.1. The normalized spacial score (nSPS) is 12.2. The Morgan fingerprint density at radius 1 is 1.35 bits per heavy atom. The van der Waals surface area contributed by atoms with Crippen molar-refractivity contribution in [2.45, 2.75) is 45.6 Å². The molecule has 112 valence electrons. The predicted molar refractivity (Wildman–Crippen MR) is 74.7 cm³/mol. The van der Waals surface area contributed by atoms with Gasteiger partial charge in [0, 0.05) is 24.2 Å². The Hall–Kier alpha value is -1.89. The zero-order valence-corrected chi connectivity index (χ0v) is 11.8. The van der Waals surface area contributed by atoms with Crippen LogP contribution in [0.3, 0.4) is 0 Å². The number of rotatable bonds is 7. The van der Waals surface area contributed by atoms with Crippen molar-refractivity contribution in [3.63, 3.8) is 0 Å². The summed E-state index contributed by atoms with van der Waals surface area (Å²) in [6.45, 7) is 3.91. The van der Waals surface area contributed by atoms with Crippen molar-refractivity contribution >= 4 is 5.91 Å². The summed E-state index contributed by atoms with van der Waals surface area (Å²) in [7, 11) is 0. The first kappa shape index (κ1) is 16.2. The second kappa shape index (κ2) is 7.64. The molecule has 20 heavy (non-hydrogen) atoms. The number of aryl methyl sites for hydroxylation is 1. The van der Waals surface area contributed by atoms with Crippen molar-refractivity contribution in [3.05, 3.63) is 32.1 Å². The van der Waals surface area contributed by atoms with Crippen LogP contribution in [0.1, 0.15) is 37.4 Å². The van der Waals surface area contributed by atoms with Crippen molar-refractivity contribution in [2.75, 3.05) is 6.54 Å². The third-order valence-electron chi connectivity index (χ3n) is 3.13. The Bertz CT molecular complexity index is 561. The monoisotopic (exact) mass is 283 g/mol. The third-order valence-corrected chi connectivity index (χ3v) is 3.13. The maximum atomic E-state index is 11.6. The number of H-pyrrole nitrogens is 2. The van der Waals surface area contributed by atoms with E-state index in [1.54, 1.807) is 6.92 Å². The van der Waals surface area contributed by atoms with Gasteiger partial charge in [-0.2, -0.15) is 0 Å². The van der Waals surface area contributed by atoms with Crippen LogP contribution in [0.4, 0.5) is 0 Å². The van der Waals surface area contributed by atoms with Gasteiger partial charge in [-0.15, -0.1) is 0 Å². The van der Waals surface area contributed by atoms with E-state index in [1.165, 1.54) is 0 Å². The van der Waals surface area contributed by atoms with Crippen LogP contribution < -0.4 is 16.6 Å². The smallest absolute Gasteiger partial charge is 0.325 e. The number of hydrogen-bond acceptors (Lipinski definition) is 4. The second-order valence-electron chi connectivity index (χ2n) is 4.71. The number of aliphatic hydroxyl groups is 1. The molecule has 7 heteroatoms. The number of carbonyl (C=O) groups excluding carboxylic acids is 1. The van der Waals surface area contributed by atoms with Crippen LogP contribution in [-0.2, 0) is 11.2 Å². The quantitative estimate of drug-likeness (QED) is 0.544. The molecule has 0 spiro atoms. The highest BCUT2D eigenvalue weighted by atomic mass is 16.3. The van der Waals surface area contributed by atoms with Crippen LogP contribution >= 0.6 is 0 Å². The molecule has 1 unspecified atom stereocenters. The number of amides is 1. The third kappa shape index (κ3) is 5.00. The fourth-order valence-corrected chi connectivity index (χ4v) is 1.84. The molecule has 0 saturated carbocycles. The highest BCUT2D eigenvalue weighted by Gasteiger charge is 2.09. The molecule has 0 aromatic carbocycles. The molecule has 7 nitrogen and oxygen atoms in total. The molecule has 1 aromatic rings. The lowest BCUT2D eigenvalue weighted by Gasteiger charge is -2.09. The molecule has 0 radical (unpaired) electrons. The molecule has 0 aliphatic heterocycles. The SMILES string of the molecule is CCC(O)CCNC(=O)CCc1c(C)[nH]c(=O)[nH]c1=O. The number of nitrogens with one attached hydrogen (secondary N) is 3. The molecular weight excluding hydrogens is 262 g/mol. The fraction of sp³-hybridized carbons (Fsp3) is 0.615. The molecule has 0 aliphatic carbocycles. The van der Waals surface area contributed by atoms with Crippen LogP contribution in [0.15, 0.2) is 9.59 Å². The van der Waals surface area contributed by atoms with E-state index >= 15 is 0 Å². The standard InChI is InChI=1S/C13H21N3O4/c1-3-9(17)6-7-14-11(18)5-4-10-8(2)15-13(20)16-12(10)19/h9,17H,3-7H2,1-2H3,(H,14,18)(H2,15,16,19,20). The summed E-state index contributed by atoms with van der Waals surface area (Å²) in [4.78, 5) is 38.8. The Balaban J connectivity index is 2.46. The van der Waals surface area contributed by atoms with E-state index in [4.69, 9.17) is 0 Å². The maximum Gasteiger partial charge on any atom is 0.325 e. The molecule has 0 saturated heterocycles. The van der Waals surface area contributed by atoms with Crippen LogP contribution in [-0.4, -0.2) is 33.6 Å². The van der Waals surface area contributed by atoms with E-state index in [9.17, 15) is 19.5 Å². The molecule has 0 fully saturated rings. The minimum absolute atomic E-state index is 0.165. The van der Waals surface area contributed by atoms with Crippen molar-refractivity contribution < 1.29 is 9.90 Å². The molecule has 1 amide bonds. The largest absolute Gasteiger partial charge is 0.393 e. The summed E-state index contributed by atoms with van der Waals surface area (Å²) >= 11 is 0. The first-order valence-electron chi connectivity index (χ1n) is 6.70. The molecule has 1 aromatic heterocycles. The van der Waals surface area contributed by atoms with Crippen LogP contribution in [0, 0.1) is 6.92 Å². The van der Waals surface area contributed by atoms with Crippen LogP contribution in [0.5, 0.6) is 0 Å². The fourth-order valence-electron chi connectivity index (χ4n) is 1.84. The Labute approximate surface area is 116 Å². The molecule has 1 rings (SSSR count). The summed E-state index contributed by atoms with van der Waals surface area (Å²) in [5.74, 6) is -0.182. The van der Waals surface area contributed by atoms with Gasteiger partial charge in [-0.3, -0.25) is 14.6 Å². The summed E-state index contributed by atoms with van der Waals surface area (Å²) in [5, 5.41) is 12.0. The minimum atomic E-state index is -0.547. The number of hydrogen-bond donors (Lipinski definition) is 4. The summed E-state index contributed by atoms with van der Waals surface area (Å²) in [6, 6.07) is 0. The Morgan fingerprint density at radius 3 is 2.65 bits per heavy atom. The van der Waals surface area contributed by atoms with Crippen LogP contribution in [0.25, 0.3) is 0 Å². The molecule has 1 heterocycles. The highest BCUT2D eigenvalue weighted by molar-refractivity contribution is 5.76. The first-order valence-corrected chi connectivity index (χ1v) is 6.70. The van der Waals surface area contributed by atoms with Gasteiger partial charge in [-0.05, 0) is 26.2 Å². The average Bonchev–Trinajstić information content (AvgIpc) is 2.37. The molecule has 4 N–H and O–H groups in total. The van der Waals surface area contributed by atoms with Crippen molar-refractivity contribution in [1.82, 2.24) is 15.3 Å². The average molecular weight is 283 g/mol. The van der Waals surface area contributed by atoms with Gasteiger partial charge in [0.2, 0.25) is 5.91 Å². The van der Waals surface area contributed by atoms with Gasteiger partial charge in [0.15, 0.2) is 0 Å². The van der Waals surface area contributed by atoms with Gasteiger partial charge in [-0.25, -0.2) is 4.79 Å². The molecular formula is C13H21N3O4. The van der Waals surface area contributed by atoms with E-state index in [2.05, 4.69) is 15.3 Å². The molecule has 0 bridgehead atoms. The Kier molecular flexibility index (Phi) is 6.17. The lowest BCUT2D eigenvalue weighted by atomic mass is 10.1. The van der Waals surface area contributed by atoms with Crippen molar-refractivity contribution in [2.24, 2.45) is 0 Å². The second-order valence-corrected chi connectivity index (χ2v) is 4.71. The van der Waals surface area contributed by atoms with Gasteiger partial charge in [0.05, 0.1) is 6.10 Å². The maximum absolute atomic E-state index is 11.6. The predicted octanol–water partition coefficient (Wildman–Crippen LogP) is -0.419.